The zero-order chi connectivity index (χ0) is 13.7. The summed E-state index contributed by atoms with van der Waals surface area (Å²) in [6.45, 7) is 0.317. The minimum Gasteiger partial charge on any atom is -0.380 e. The minimum atomic E-state index is -0.0279. The zero-order valence-corrected chi connectivity index (χ0v) is 12.6. The smallest absolute Gasteiger partial charge is 0.238 e. The van der Waals surface area contributed by atoms with E-state index in [9.17, 15) is 4.79 Å². The number of amides is 1. The van der Waals surface area contributed by atoms with E-state index in [4.69, 9.17) is 4.74 Å². The van der Waals surface area contributed by atoms with E-state index >= 15 is 0 Å². The molecule has 2 unspecified atom stereocenters. The van der Waals surface area contributed by atoms with E-state index in [-0.39, 0.29) is 12.0 Å². The molecule has 4 nitrogen and oxygen atoms in total. The lowest BCUT2D eigenvalue weighted by Gasteiger charge is -2.19. The summed E-state index contributed by atoms with van der Waals surface area (Å²) < 4.78 is 6.34. The van der Waals surface area contributed by atoms with Crippen LogP contribution in [-0.4, -0.2) is 31.7 Å². The van der Waals surface area contributed by atoms with E-state index in [1.54, 1.807) is 7.11 Å². The molecule has 0 heterocycles. The summed E-state index contributed by atoms with van der Waals surface area (Å²) in [5.74, 6) is -0.0279. The van der Waals surface area contributed by atoms with Crippen LogP contribution in [0.25, 0.3) is 0 Å². The second kappa shape index (κ2) is 7.03. The van der Waals surface area contributed by atoms with Crippen molar-refractivity contribution in [3.63, 3.8) is 0 Å². The lowest BCUT2D eigenvalue weighted by Crippen LogP contribution is -2.41. The predicted molar refractivity (Wildman–Crippen MR) is 79.2 cm³/mol. The molecular formula is C14H19BrN2O2. The van der Waals surface area contributed by atoms with Crippen molar-refractivity contribution in [2.24, 2.45) is 0 Å². The molecule has 104 valence electrons. The lowest BCUT2D eigenvalue weighted by atomic mass is 10.2. The van der Waals surface area contributed by atoms with Crippen LogP contribution in [0.15, 0.2) is 28.7 Å². The molecule has 0 bridgehead atoms. The number of carbonyl (C=O) groups excluding carboxylic acids is 1. The van der Waals surface area contributed by atoms with Crippen LogP contribution in [0, 0.1) is 0 Å². The number of ether oxygens (including phenoxy) is 1. The first-order chi connectivity index (χ1) is 9.19. The molecule has 1 aromatic carbocycles. The molecule has 19 heavy (non-hydrogen) atoms. The van der Waals surface area contributed by atoms with Crippen LogP contribution in [0.1, 0.15) is 19.3 Å². The van der Waals surface area contributed by atoms with Gasteiger partial charge in [-0.05, 0) is 37.5 Å². The SMILES string of the molecule is COC1CCCC1NCC(=O)Nc1cccc(Br)c1. The molecule has 0 saturated heterocycles. The number of hydrogen-bond donors (Lipinski definition) is 2. The molecule has 1 aliphatic rings. The van der Waals surface area contributed by atoms with Gasteiger partial charge in [0, 0.05) is 23.3 Å². The molecule has 0 aliphatic heterocycles. The molecular weight excluding hydrogens is 308 g/mol. The van der Waals surface area contributed by atoms with Crippen molar-refractivity contribution in [1.29, 1.82) is 0 Å². The monoisotopic (exact) mass is 326 g/mol. The molecule has 0 radical (unpaired) electrons. The van der Waals surface area contributed by atoms with Crippen LogP contribution >= 0.6 is 15.9 Å². The molecule has 0 aromatic heterocycles. The minimum absolute atomic E-state index is 0.0279. The molecule has 1 saturated carbocycles. The highest BCUT2D eigenvalue weighted by molar-refractivity contribution is 9.10. The summed E-state index contributed by atoms with van der Waals surface area (Å²) >= 11 is 3.38. The van der Waals surface area contributed by atoms with E-state index in [0.717, 1.165) is 29.4 Å². The third-order valence-corrected chi connectivity index (χ3v) is 3.88. The van der Waals surface area contributed by atoms with Crippen LogP contribution in [0.2, 0.25) is 0 Å². The number of nitrogens with one attached hydrogen (secondary N) is 2. The Hall–Kier alpha value is -0.910. The molecule has 1 aromatic rings. The van der Waals surface area contributed by atoms with Gasteiger partial charge in [-0.2, -0.15) is 0 Å². The van der Waals surface area contributed by atoms with Gasteiger partial charge in [0.05, 0.1) is 12.6 Å². The first-order valence-electron chi connectivity index (χ1n) is 6.50. The Morgan fingerprint density at radius 3 is 3.05 bits per heavy atom. The van der Waals surface area contributed by atoms with E-state index in [1.165, 1.54) is 0 Å². The first kappa shape index (κ1) is 14.5. The van der Waals surface area contributed by atoms with Crippen LogP contribution in [0.5, 0.6) is 0 Å². The normalized spacial score (nSPS) is 22.4. The molecule has 1 amide bonds. The number of hydrogen-bond acceptors (Lipinski definition) is 3. The van der Waals surface area contributed by atoms with Gasteiger partial charge < -0.3 is 15.4 Å². The highest BCUT2D eigenvalue weighted by Gasteiger charge is 2.26. The largest absolute Gasteiger partial charge is 0.380 e. The topological polar surface area (TPSA) is 50.4 Å². The molecule has 5 heteroatoms. The van der Waals surface area contributed by atoms with Gasteiger partial charge in [0.25, 0.3) is 0 Å². The Morgan fingerprint density at radius 1 is 1.47 bits per heavy atom. The van der Waals surface area contributed by atoms with Gasteiger partial charge >= 0.3 is 0 Å². The second-order valence-corrected chi connectivity index (χ2v) is 5.67. The van der Waals surface area contributed by atoms with E-state index in [2.05, 4.69) is 26.6 Å². The fraction of sp³-hybridized carbons (Fsp3) is 0.500. The van der Waals surface area contributed by atoms with Gasteiger partial charge in [-0.1, -0.05) is 22.0 Å². The third-order valence-electron chi connectivity index (χ3n) is 3.39. The maximum atomic E-state index is 11.8. The second-order valence-electron chi connectivity index (χ2n) is 4.75. The number of halogens is 1. The fourth-order valence-corrected chi connectivity index (χ4v) is 2.84. The van der Waals surface area contributed by atoms with Gasteiger partial charge in [-0.3, -0.25) is 4.79 Å². The molecule has 2 N–H and O–H groups in total. The Bertz CT molecular complexity index is 439. The Labute approximate surface area is 122 Å². The van der Waals surface area contributed by atoms with E-state index < -0.39 is 0 Å². The number of rotatable bonds is 5. The first-order valence-corrected chi connectivity index (χ1v) is 7.30. The van der Waals surface area contributed by atoms with Crippen LogP contribution in [0.4, 0.5) is 5.69 Å². The summed E-state index contributed by atoms with van der Waals surface area (Å²) in [5, 5.41) is 6.14. The van der Waals surface area contributed by atoms with Crippen LogP contribution in [-0.2, 0) is 9.53 Å². The number of methoxy groups -OCH3 is 1. The Balaban J connectivity index is 1.78. The van der Waals surface area contributed by atoms with Crippen molar-refractivity contribution in [3.8, 4) is 0 Å². The molecule has 1 aliphatic carbocycles. The zero-order valence-electron chi connectivity index (χ0n) is 11.0. The van der Waals surface area contributed by atoms with Crippen molar-refractivity contribution < 1.29 is 9.53 Å². The summed E-state index contributed by atoms with van der Waals surface area (Å²) in [5.41, 5.74) is 0.802. The lowest BCUT2D eigenvalue weighted by molar-refractivity contribution is -0.115. The standard InChI is InChI=1S/C14H19BrN2O2/c1-19-13-7-3-6-12(13)16-9-14(18)17-11-5-2-4-10(15)8-11/h2,4-5,8,12-13,16H,3,6-7,9H2,1H3,(H,17,18). The third kappa shape index (κ3) is 4.30. The summed E-state index contributed by atoms with van der Waals surface area (Å²) in [6, 6.07) is 7.86. The van der Waals surface area contributed by atoms with Crippen molar-refractivity contribution in [3.05, 3.63) is 28.7 Å². The molecule has 2 rings (SSSR count). The average Bonchev–Trinajstić information content (AvgIpc) is 2.83. The van der Waals surface area contributed by atoms with Crippen LogP contribution < -0.4 is 10.6 Å². The number of anilines is 1. The van der Waals surface area contributed by atoms with Crippen molar-refractivity contribution in [1.82, 2.24) is 5.32 Å². The van der Waals surface area contributed by atoms with E-state index in [1.807, 2.05) is 24.3 Å². The molecule has 1 fully saturated rings. The Kier molecular flexibility index (Phi) is 5.36. The van der Waals surface area contributed by atoms with Crippen molar-refractivity contribution >= 4 is 27.5 Å². The average molecular weight is 327 g/mol. The maximum Gasteiger partial charge on any atom is 0.238 e. The Morgan fingerprint density at radius 2 is 2.32 bits per heavy atom. The van der Waals surface area contributed by atoms with Crippen LogP contribution in [0.3, 0.4) is 0 Å². The predicted octanol–water partition coefficient (Wildman–Crippen LogP) is 2.54. The number of benzene rings is 1. The van der Waals surface area contributed by atoms with Gasteiger partial charge in [0.15, 0.2) is 0 Å². The quantitative estimate of drug-likeness (QED) is 0.874. The van der Waals surface area contributed by atoms with Gasteiger partial charge in [0.2, 0.25) is 5.91 Å². The fourth-order valence-electron chi connectivity index (χ4n) is 2.44. The van der Waals surface area contributed by atoms with Gasteiger partial charge in [0.1, 0.15) is 0 Å². The van der Waals surface area contributed by atoms with Crippen molar-refractivity contribution in [2.45, 2.75) is 31.4 Å². The van der Waals surface area contributed by atoms with Gasteiger partial charge in [-0.15, -0.1) is 0 Å². The number of carbonyl (C=O) groups is 1. The van der Waals surface area contributed by atoms with Gasteiger partial charge in [-0.25, -0.2) is 0 Å². The summed E-state index contributed by atoms with van der Waals surface area (Å²) in [4.78, 5) is 11.8. The highest BCUT2D eigenvalue weighted by Crippen LogP contribution is 2.21. The van der Waals surface area contributed by atoms with Crippen molar-refractivity contribution in [2.75, 3.05) is 19.0 Å². The highest BCUT2D eigenvalue weighted by atomic mass is 79.9. The summed E-state index contributed by atoms with van der Waals surface area (Å²) in [7, 11) is 1.73. The molecule has 0 spiro atoms. The molecule has 2 atom stereocenters. The van der Waals surface area contributed by atoms with E-state index in [0.29, 0.717) is 12.6 Å². The summed E-state index contributed by atoms with van der Waals surface area (Å²) in [6.07, 6.45) is 3.53. The maximum absolute atomic E-state index is 11.8.